The number of nitrogens with zero attached hydrogens (tertiary/aromatic N) is 2. The van der Waals surface area contributed by atoms with Gasteiger partial charge in [-0.25, -0.2) is 4.98 Å². The lowest BCUT2D eigenvalue weighted by Gasteiger charge is -2.14. The number of thioether (sulfide) groups is 1. The molecule has 0 aliphatic heterocycles. The zero-order valence-electron chi connectivity index (χ0n) is 21.6. The van der Waals surface area contributed by atoms with Crippen molar-refractivity contribution in [2.45, 2.75) is 45.8 Å². The zero-order chi connectivity index (χ0) is 26.5. The molecule has 4 aromatic rings. The first-order chi connectivity index (χ1) is 17.8. The van der Waals surface area contributed by atoms with Crippen molar-refractivity contribution in [1.82, 2.24) is 14.9 Å². The van der Waals surface area contributed by atoms with E-state index in [1.54, 1.807) is 22.8 Å². The number of aryl methyl sites for hydroxylation is 3. The van der Waals surface area contributed by atoms with Crippen LogP contribution < -0.4 is 10.9 Å². The molecule has 3 aromatic carbocycles. The number of Topliss-reactive ketones (excluding diaryl/α,β-unsaturated/α-hetero) is 1. The fraction of sp³-hybridized carbons (Fsp3) is 0.267. The van der Waals surface area contributed by atoms with Gasteiger partial charge in [-0.15, -0.1) is 0 Å². The standard InChI is InChI=1S/C30H31N3O3S/c1-5-14-31-28(35)23-11-13-25-26(16-23)32-30(33(29(25)36)17-22-9-6-19(2)7-10-22)37-18-27(34)24-12-8-20(3)15-21(24)4/h6-13,15-16H,5,14,17-18H2,1-4H3,(H,31,35). The van der Waals surface area contributed by atoms with Crippen molar-refractivity contribution < 1.29 is 9.59 Å². The third-order valence-electron chi connectivity index (χ3n) is 6.19. The van der Waals surface area contributed by atoms with Gasteiger partial charge in [0.25, 0.3) is 11.5 Å². The molecule has 0 saturated carbocycles. The molecule has 0 spiro atoms. The number of carbonyl (C=O) groups excluding carboxylic acids is 2. The molecule has 1 amide bonds. The van der Waals surface area contributed by atoms with Crippen LogP contribution in [0, 0.1) is 20.8 Å². The van der Waals surface area contributed by atoms with Gasteiger partial charge in [0.2, 0.25) is 0 Å². The number of rotatable bonds is 9. The summed E-state index contributed by atoms with van der Waals surface area (Å²) in [5, 5.41) is 3.74. The molecule has 1 heterocycles. The summed E-state index contributed by atoms with van der Waals surface area (Å²) in [6, 6.07) is 18.7. The first-order valence-corrected chi connectivity index (χ1v) is 13.4. The monoisotopic (exact) mass is 513 g/mol. The largest absolute Gasteiger partial charge is 0.352 e. The quantitative estimate of drug-likeness (QED) is 0.182. The summed E-state index contributed by atoms with van der Waals surface area (Å²) >= 11 is 1.24. The lowest BCUT2D eigenvalue weighted by Crippen LogP contribution is -2.26. The van der Waals surface area contributed by atoms with Crippen LogP contribution in [0.5, 0.6) is 0 Å². The van der Waals surface area contributed by atoms with Crippen molar-refractivity contribution in [2.75, 3.05) is 12.3 Å². The molecule has 37 heavy (non-hydrogen) atoms. The molecule has 0 saturated heterocycles. The van der Waals surface area contributed by atoms with Gasteiger partial charge in [0.05, 0.1) is 23.2 Å². The van der Waals surface area contributed by atoms with Crippen molar-refractivity contribution in [3.8, 4) is 0 Å². The van der Waals surface area contributed by atoms with Crippen molar-refractivity contribution >= 4 is 34.4 Å². The Balaban J connectivity index is 1.72. The Kier molecular flexibility index (Phi) is 8.24. The number of fused-ring (bicyclic) bond motifs is 1. The molecule has 7 heteroatoms. The molecule has 4 rings (SSSR count). The molecule has 0 fully saturated rings. The van der Waals surface area contributed by atoms with Gasteiger partial charge >= 0.3 is 0 Å². The lowest BCUT2D eigenvalue weighted by molar-refractivity contribution is 0.0952. The molecule has 0 aliphatic rings. The van der Waals surface area contributed by atoms with Crippen molar-refractivity contribution in [3.05, 3.63) is 104 Å². The molecular weight excluding hydrogens is 482 g/mol. The Morgan fingerprint density at radius 3 is 2.38 bits per heavy atom. The minimum atomic E-state index is -0.201. The summed E-state index contributed by atoms with van der Waals surface area (Å²) in [5.41, 5.74) is 5.48. The smallest absolute Gasteiger partial charge is 0.262 e. The van der Waals surface area contributed by atoms with Gasteiger partial charge in [-0.3, -0.25) is 19.0 Å². The average molecular weight is 514 g/mol. The summed E-state index contributed by atoms with van der Waals surface area (Å²) in [6.07, 6.45) is 0.830. The Hall–Kier alpha value is -3.71. The van der Waals surface area contributed by atoms with Gasteiger partial charge in [-0.2, -0.15) is 0 Å². The maximum atomic E-state index is 13.6. The first kappa shape index (κ1) is 26.4. The topological polar surface area (TPSA) is 81.1 Å². The van der Waals surface area contributed by atoms with Crippen molar-refractivity contribution in [1.29, 1.82) is 0 Å². The number of ketones is 1. The third-order valence-corrected chi connectivity index (χ3v) is 7.17. The molecule has 190 valence electrons. The van der Waals surface area contributed by atoms with Crippen LogP contribution >= 0.6 is 11.8 Å². The molecular formula is C30H31N3O3S. The first-order valence-electron chi connectivity index (χ1n) is 12.4. The fourth-order valence-electron chi connectivity index (χ4n) is 4.14. The number of hydrogen-bond acceptors (Lipinski definition) is 5. The molecule has 0 atom stereocenters. The van der Waals surface area contributed by atoms with Crippen LogP contribution in [0.25, 0.3) is 10.9 Å². The Morgan fingerprint density at radius 2 is 1.68 bits per heavy atom. The van der Waals surface area contributed by atoms with E-state index in [2.05, 4.69) is 5.32 Å². The van der Waals surface area contributed by atoms with Crippen LogP contribution in [0.3, 0.4) is 0 Å². The minimum absolute atomic E-state index is 0.0218. The van der Waals surface area contributed by atoms with Crippen molar-refractivity contribution in [3.63, 3.8) is 0 Å². The molecule has 0 unspecified atom stereocenters. The highest BCUT2D eigenvalue weighted by atomic mass is 32.2. The van der Waals surface area contributed by atoms with Crippen LogP contribution in [0.2, 0.25) is 0 Å². The second-order valence-electron chi connectivity index (χ2n) is 9.29. The second-order valence-corrected chi connectivity index (χ2v) is 10.2. The summed E-state index contributed by atoms with van der Waals surface area (Å²) in [5.74, 6) is -0.0769. The fourth-order valence-corrected chi connectivity index (χ4v) is 5.02. The van der Waals surface area contributed by atoms with E-state index >= 15 is 0 Å². The number of benzene rings is 3. The van der Waals surface area contributed by atoms with Gasteiger partial charge in [0.1, 0.15) is 0 Å². The molecule has 1 aromatic heterocycles. The predicted molar refractivity (Wildman–Crippen MR) is 150 cm³/mol. The number of carbonyl (C=O) groups is 2. The summed E-state index contributed by atoms with van der Waals surface area (Å²) < 4.78 is 1.61. The Morgan fingerprint density at radius 1 is 0.946 bits per heavy atom. The van der Waals surface area contributed by atoms with Crippen LogP contribution in [0.15, 0.2) is 70.6 Å². The number of amides is 1. The maximum Gasteiger partial charge on any atom is 0.262 e. The summed E-state index contributed by atoms with van der Waals surface area (Å²) in [6.45, 7) is 8.83. The molecule has 6 nitrogen and oxygen atoms in total. The van der Waals surface area contributed by atoms with Gasteiger partial charge in [-0.05, 0) is 56.5 Å². The molecule has 0 radical (unpaired) electrons. The van der Waals surface area contributed by atoms with Gasteiger partial charge in [-0.1, -0.05) is 72.3 Å². The zero-order valence-corrected chi connectivity index (χ0v) is 22.4. The van der Waals surface area contributed by atoms with E-state index in [0.717, 1.165) is 28.7 Å². The highest BCUT2D eigenvalue weighted by Crippen LogP contribution is 2.22. The maximum absolute atomic E-state index is 13.6. The van der Waals surface area contributed by atoms with Crippen molar-refractivity contribution in [2.24, 2.45) is 0 Å². The van der Waals surface area contributed by atoms with Crippen LogP contribution in [0.4, 0.5) is 0 Å². The number of aromatic nitrogens is 2. The van der Waals surface area contributed by atoms with E-state index in [1.807, 2.05) is 70.2 Å². The van der Waals surface area contributed by atoms with E-state index in [9.17, 15) is 14.4 Å². The number of nitrogens with one attached hydrogen (secondary N) is 1. The van der Waals surface area contributed by atoms with Crippen LogP contribution in [-0.4, -0.2) is 33.5 Å². The Bertz CT molecular complexity index is 1520. The van der Waals surface area contributed by atoms with E-state index in [1.165, 1.54) is 11.8 Å². The van der Waals surface area contributed by atoms with Gasteiger partial charge in [0, 0.05) is 17.7 Å². The normalized spacial score (nSPS) is 11.0. The highest BCUT2D eigenvalue weighted by Gasteiger charge is 2.17. The van der Waals surface area contributed by atoms with E-state index in [0.29, 0.717) is 40.3 Å². The predicted octanol–water partition coefficient (Wildman–Crippen LogP) is 5.48. The molecule has 0 aliphatic carbocycles. The lowest BCUT2D eigenvalue weighted by atomic mass is 10.0. The van der Waals surface area contributed by atoms with Crippen LogP contribution in [0.1, 0.15) is 56.3 Å². The highest BCUT2D eigenvalue weighted by molar-refractivity contribution is 7.99. The molecule has 1 N–H and O–H groups in total. The third kappa shape index (κ3) is 6.17. The van der Waals surface area contributed by atoms with E-state index in [4.69, 9.17) is 4.98 Å². The van der Waals surface area contributed by atoms with E-state index < -0.39 is 0 Å². The molecule has 0 bridgehead atoms. The number of hydrogen-bond donors (Lipinski definition) is 1. The Labute approximate surface area is 221 Å². The van der Waals surface area contributed by atoms with Gasteiger partial charge < -0.3 is 5.32 Å². The minimum Gasteiger partial charge on any atom is -0.352 e. The SMILES string of the molecule is CCCNC(=O)c1ccc2c(=O)n(Cc3ccc(C)cc3)c(SCC(=O)c3ccc(C)cc3C)nc2c1. The second kappa shape index (κ2) is 11.6. The average Bonchev–Trinajstić information content (AvgIpc) is 2.88. The summed E-state index contributed by atoms with van der Waals surface area (Å²) in [7, 11) is 0. The summed E-state index contributed by atoms with van der Waals surface area (Å²) in [4.78, 5) is 43.9. The van der Waals surface area contributed by atoms with Crippen LogP contribution in [-0.2, 0) is 6.54 Å². The van der Waals surface area contributed by atoms with E-state index in [-0.39, 0.29) is 23.0 Å². The van der Waals surface area contributed by atoms with Gasteiger partial charge in [0.15, 0.2) is 10.9 Å².